The fourth-order valence-corrected chi connectivity index (χ4v) is 4.59. The van der Waals surface area contributed by atoms with Gasteiger partial charge in [-0.25, -0.2) is 0 Å². The van der Waals surface area contributed by atoms with Crippen LogP contribution in [0.3, 0.4) is 0 Å². The minimum Gasteiger partial charge on any atom is -0.271 e. The Hall–Kier alpha value is -4.32. The lowest BCUT2D eigenvalue weighted by Crippen LogP contribution is -2.31. The molecule has 0 atom stereocenters. The van der Waals surface area contributed by atoms with Gasteiger partial charge in [-0.3, -0.25) is 28.8 Å². The predicted molar refractivity (Wildman–Crippen MR) is 135 cm³/mol. The number of fused-ring (bicyclic) bond motifs is 1. The zero-order valence-corrected chi connectivity index (χ0v) is 19.9. The maximum atomic E-state index is 13.8. The van der Waals surface area contributed by atoms with Crippen LogP contribution in [-0.2, 0) is 12.0 Å². The van der Waals surface area contributed by atoms with E-state index in [1.165, 1.54) is 15.5 Å². The topological polar surface area (TPSA) is 72.3 Å². The van der Waals surface area contributed by atoms with Crippen LogP contribution in [0.1, 0.15) is 52.7 Å². The molecule has 0 radical (unpaired) electrons. The Morgan fingerprint density at radius 1 is 0.829 bits per heavy atom. The molecule has 0 N–H and O–H groups in total. The zero-order chi connectivity index (χ0) is 24.7. The van der Waals surface area contributed by atoms with Gasteiger partial charge in [0.15, 0.2) is 0 Å². The molecule has 0 bridgehead atoms. The van der Waals surface area contributed by atoms with Gasteiger partial charge in [-0.05, 0) is 34.2 Å². The second kappa shape index (κ2) is 8.47. The summed E-state index contributed by atoms with van der Waals surface area (Å²) in [6.07, 6.45) is 3.27. The van der Waals surface area contributed by atoms with E-state index < -0.39 is 11.8 Å². The molecule has 0 unspecified atom stereocenters. The van der Waals surface area contributed by atoms with Crippen LogP contribution in [0.2, 0.25) is 0 Å². The third kappa shape index (κ3) is 3.87. The predicted octanol–water partition coefficient (Wildman–Crippen LogP) is 4.99. The Labute approximate surface area is 203 Å². The van der Waals surface area contributed by atoms with Crippen molar-refractivity contribution in [2.75, 3.05) is 0 Å². The normalized spacial score (nSPS) is 13.3. The first-order chi connectivity index (χ1) is 16.8. The minimum atomic E-state index is -0.493. The standard InChI is InChI=1S/C29H25N3O3/c1-29(2,3)22-13-7-8-14-23(22)32-24(33)16-21(20-11-5-4-6-12-20)25-26(32)28(35)31(27(25)34)18-19-10-9-15-30-17-19/h4-17H,18H2,1-3H3. The Morgan fingerprint density at radius 2 is 1.54 bits per heavy atom. The molecule has 0 fully saturated rings. The van der Waals surface area contributed by atoms with Crippen LogP contribution < -0.4 is 5.56 Å². The SMILES string of the molecule is CC(C)(C)c1ccccc1-n1c2c(c(-c3ccccc3)cc1=O)C(=O)N(Cc1cccnc1)C2=O. The lowest BCUT2D eigenvalue weighted by Gasteiger charge is -2.24. The van der Waals surface area contributed by atoms with Crippen LogP contribution in [0.25, 0.3) is 16.8 Å². The Kier molecular flexibility index (Phi) is 5.44. The molecular weight excluding hydrogens is 438 g/mol. The maximum absolute atomic E-state index is 13.8. The van der Waals surface area contributed by atoms with Gasteiger partial charge < -0.3 is 0 Å². The second-order valence-corrected chi connectivity index (χ2v) is 9.65. The number of pyridine rings is 2. The Balaban J connectivity index is 1.79. The lowest BCUT2D eigenvalue weighted by molar-refractivity contribution is 0.0639. The number of benzene rings is 2. The van der Waals surface area contributed by atoms with Crippen molar-refractivity contribution >= 4 is 11.8 Å². The first-order valence-corrected chi connectivity index (χ1v) is 11.5. The Bertz CT molecular complexity index is 1500. The van der Waals surface area contributed by atoms with Gasteiger partial charge in [0.25, 0.3) is 17.4 Å². The largest absolute Gasteiger partial charge is 0.279 e. The van der Waals surface area contributed by atoms with Crippen molar-refractivity contribution in [3.05, 3.63) is 118 Å². The van der Waals surface area contributed by atoms with Crippen LogP contribution >= 0.6 is 0 Å². The molecule has 0 aliphatic carbocycles. The van der Waals surface area contributed by atoms with Gasteiger partial charge in [0.1, 0.15) is 5.69 Å². The van der Waals surface area contributed by atoms with E-state index >= 15 is 0 Å². The lowest BCUT2D eigenvalue weighted by atomic mass is 9.85. The van der Waals surface area contributed by atoms with Crippen molar-refractivity contribution in [2.45, 2.75) is 32.7 Å². The van der Waals surface area contributed by atoms with Gasteiger partial charge in [-0.2, -0.15) is 0 Å². The summed E-state index contributed by atoms with van der Waals surface area (Å²) in [5.74, 6) is -0.915. The number of para-hydroxylation sites is 1. The number of rotatable bonds is 4. The quantitative estimate of drug-likeness (QED) is 0.400. The van der Waals surface area contributed by atoms with Crippen molar-refractivity contribution in [3.8, 4) is 16.8 Å². The van der Waals surface area contributed by atoms with Gasteiger partial charge >= 0.3 is 0 Å². The number of imide groups is 1. The summed E-state index contributed by atoms with van der Waals surface area (Å²) in [7, 11) is 0. The summed E-state index contributed by atoms with van der Waals surface area (Å²) in [6, 6.07) is 21.8. The van der Waals surface area contributed by atoms with E-state index in [9.17, 15) is 14.4 Å². The molecule has 4 aromatic rings. The van der Waals surface area contributed by atoms with E-state index in [2.05, 4.69) is 25.8 Å². The molecule has 1 aliphatic heterocycles. The van der Waals surface area contributed by atoms with Gasteiger partial charge in [0.05, 0.1) is 17.8 Å². The molecule has 6 heteroatoms. The van der Waals surface area contributed by atoms with Crippen molar-refractivity contribution in [2.24, 2.45) is 0 Å². The molecule has 2 aromatic carbocycles. The summed E-state index contributed by atoms with van der Waals surface area (Å²) in [6.45, 7) is 6.23. The van der Waals surface area contributed by atoms with E-state index in [1.54, 1.807) is 18.5 Å². The van der Waals surface area contributed by atoms with Gasteiger partial charge in [-0.1, -0.05) is 75.4 Å². The van der Waals surface area contributed by atoms with Crippen molar-refractivity contribution < 1.29 is 9.59 Å². The molecule has 0 spiro atoms. The molecule has 6 nitrogen and oxygen atoms in total. The average molecular weight is 464 g/mol. The fraction of sp³-hybridized carbons (Fsp3) is 0.172. The first kappa shape index (κ1) is 22.5. The summed E-state index contributed by atoms with van der Waals surface area (Å²) in [5, 5.41) is 0. The number of nitrogens with zero attached hydrogens (tertiary/aromatic N) is 3. The Morgan fingerprint density at radius 3 is 2.23 bits per heavy atom. The third-order valence-corrected chi connectivity index (χ3v) is 6.23. The van der Waals surface area contributed by atoms with Crippen LogP contribution in [0.15, 0.2) is 90.0 Å². The minimum absolute atomic E-state index is 0.0729. The zero-order valence-electron chi connectivity index (χ0n) is 19.9. The second-order valence-electron chi connectivity index (χ2n) is 9.65. The summed E-state index contributed by atoms with van der Waals surface area (Å²) >= 11 is 0. The number of hydrogen-bond acceptors (Lipinski definition) is 4. The summed E-state index contributed by atoms with van der Waals surface area (Å²) in [4.78, 5) is 46.5. The van der Waals surface area contributed by atoms with Crippen molar-refractivity contribution in [1.82, 2.24) is 14.5 Å². The highest BCUT2D eigenvalue weighted by Crippen LogP contribution is 2.35. The van der Waals surface area contributed by atoms with Gasteiger partial charge in [-0.15, -0.1) is 0 Å². The summed E-state index contributed by atoms with van der Waals surface area (Å²) in [5.41, 5.74) is 3.10. The van der Waals surface area contributed by atoms with E-state index in [-0.39, 0.29) is 28.8 Å². The third-order valence-electron chi connectivity index (χ3n) is 6.23. The molecule has 35 heavy (non-hydrogen) atoms. The molecule has 0 saturated carbocycles. The maximum Gasteiger partial charge on any atom is 0.279 e. The smallest absolute Gasteiger partial charge is 0.271 e. The van der Waals surface area contributed by atoms with E-state index in [1.807, 2.05) is 60.7 Å². The molecule has 2 aromatic heterocycles. The number of carbonyl (C=O) groups is 2. The van der Waals surface area contributed by atoms with Crippen molar-refractivity contribution in [1.29, 1.82) is 0 Å². The number of amides is 2. The highest BCUT2D eigenvalue weighted by Gasteiger charge is 2.41. The number of aromatic nitrogens is 2. The van der Waals surface area contributed by atoms with E-state index in [0.29, 0.717) is 16.8 Å². The monoisotopic (exact) mass is 463 g/mol. The average Bonchev–Trinajstić information content (AvgIpc) is 3.09. The molecular formula is C29H25N3O3. The van der Waals surface area contributed by atoms with Crippen LogP contribution in [0.5, 0.6) is 0 Å². The van der Waals surface area contributed by atoms with Gasteiger partial charge in [0, 0.05) is 24.0 Å². The van der Waals surface area contributed by atoms with Gasteiger partial charge in [0.2, 0.25) is 0 Å². The molecule has 2 amide bonds. The van der Waals surface area contributed by atoms with Crippen molar-refractivity contribution in [3.63, 3.8) is 0 Å². The number of carbonyl (C=O) groups excluding carboxylic acids is 2. The van der Waals surface area contributed by atoms with Crippen LogP contribution in [0.4, 0.5) is 0 Å². The van der Waals surface area contributed by atoms with E-state index in [0.717, 1.165) is 11.1 Å². The molecule has 3 heterocycles. The molecule has 0 saturated heterocycles. The summed E-state index contributed by atoms with van der Waals surface area (Å²) < 4.78 is 1.41. The number of hydrogen-bond donors (Lipinski definition) is 0. The van der Waals surface area contributed by atoms with E-state index in [4.69, 9.17) is 0 Å². The van der Waals surface area contributed by atoms with Crippen LogP contribution in [0, 0.1) is 0 Å². The highest BCUT2D eigenvalue weighted by molar-refractivity contribution is 6.23. The van der Waals surface area contributed by atoms with Crippen LogP contribution in [-0.4, -0.2) is 26.3 Å². The molecule has 1 aliphatic rings. The fourth-order valence-electron chi connectivity index (χ4n) is 4.59. The first-order valence-electron chi connectivity index (χ1n) is 11.5. The molecule has 5 rings (SSSR count). The highest BCUT2D eigenvalue weighted by atomic mass is 16.2. The molecule has 174 valence electrons.